The molecule has 0 aliphatic carbocycles. The molecular weight excluding hydrogens is 356 g/mol. The Labute approximate surface area is 164 Å². The zero-order chi connectivity index (χ0) is 19.9. The van der Waals surface area contributed by atoms with Gasteiger partial charge in [-0.05, 0) is 29.3 Å². The number of ether oxygens (including phenoxy) is 3. The largest absolute Gasteiger partial charge is 0.493 e. The van der Waals surface area contributed by atoms with Gasteiger partial charge < -0.3 is 19.5 Å². The van der Waals surface area contributed by atoms with Crippen molar-refractivity contribution in [2.45, 2.75) is 6.04 Å². The summed E-state index contributed by atoms with van der Waals surface area (Å²) in [6.07, 6.45) is 3.44. The van der Waals surface area contributed by atoms with Crippen LogP contribution in [0.3, 0.4) is 0 Å². The monoisotopic (exact) mass is 378 g/mol. The van der Waals surface area contributed by atoms with Crippen LogP contribution in [0.5, 0.6) is 17.2 Å². The zero-order valence-electron chi connectivity index (χ0n) is 16.0. The molecule has 1 heterocycles. The van der Waals surface area contributed by atoms with Crippen LogP contribution in [-0.4, -0.2) is 32.2 Å². The first-order chi connectivity index (χ1) is 13.7. The number of carbonyl (C=O) groups excluding carboxylic acids is 1. The number of benzene rings is 2. The highest BCUT2D eigenvalue weighted by Gasteiger charge is 2.21. The molecule has 28 heavy (non-hydrogen) atoms. The fourth-order valence-corrected chi connectivity index (χ4v) is 2.98. The van der Waals surface area contributed by atoms with Gasteiger partial charge in [0.15, 0.2) is 11.5 Å². The number of pyridine rings is 1. The Kier molecular flexibility index (Phi) is 6.11. The second-order valence-electron chi connectivity index (χ2n) is 6.02. The smallest absolute Gasteiger partial charge is 0.252 e. The standard InChI is InChI=1S/C22H22N2O4/c1-26-18-12-17(13-19(27-2)21(18)28-3)22(25)24-20(15-8-5-4-6-9-15)16-10-7-11-23-14-16/h4-14,20H,1-3H3,(H,24,25)/t20-/m1/s1. The second-order valence-corrected chi connectivity index (χ2v) is 6.02. The van der Waals surface area contributed by atoms with Crippen molar-refractivity contribution in [3.63, 3.8) is 0 Å². The van der Waals surface area contributed by atoms with Crippen LogP contribution in [0.25, 0.3) is 0 Å². The van der Waals surface area contributed by atoms with Crippen molar-refractivity contribution in [1.82, 2.24) is 10.3 Å². The molecule has 0 bridgehead atoms. The lowest BCUT2D eigenvalue weighted by atomic mass is 9.99. The Morgan fingerprint density at radius 2 is 1.54 bits per heavy atom. The van der Waals surface area contributed by atoms with Crippen LogP contribution < -0.4 is 19.5 Å². The molecule has 1 atom stereocenters. The van der Waals surface area contributed by atoms with Crippen LogP contribution in [0.15, 0.2) is 67.0 Å². The third-order valence-corrected chi connectivity index (χ3v) is 4.35. The quantitative estimate of drug-likeness (QED) is 0.680. The highest BCUT2D eigenvalue weighted by Crippen LogP contribution is 2.38. The number of hydrogen-bond donors (Lipinski definition) is 1. The Balaban J connectivity index is 1.97. The van der Waals surface area contributed by atoms with Crippen LogP contribution in [0.4, 0.5) is 0 Å². The average molecular weight is 378 g/mol. The van der Waals surface area contributed by atoms with Gasteiger partial charge in [-0.2, -0.15) is 0 Å². The van der Waals surface area contributed by atoms with E-state index in [-0.39, 0.29) is 11.9 Å². The van der Waals surface area contributed by atoms with Gasteiger partial charge in [0, 0.05) is 18.0 Å². The molecule has 0 aliphatic rings. The topological polar surface area (TPSA) is 69.7 Å². The molecule has 0 radical (unpaired) electrons. The summed E-state index contributed by atoms with van der Waals surface area (Å²) in [4.78, 5) is 17.2. The van der Waals surface area contributed by atoms with Crippen molar-refractivity contribution in [3.8, 4) is 17.2 Å². The summed E-state index contributed by atoms with van der Waals surface area (Å²) in [5.41, 5.74) is 2.24. The van der Waals surface area contributed by atoms with Gasteiger partial charge in [-0.1, -0.05) is 36.4 Å². The Bertz CT molecular complexity index is 865. The van der Waals surface area contributed by atoms with Gasteiger partial charge in [-0.25, -0.2) is 0 Å². The van der Waals surface area contributed by atoms with Crippen molar-refractivity contribution in [2.75, 3.05) is 21.3 Å². The number of carbonyl (C=O) groups is 1. The zero-order valence-corrected chi connectivity index (χ0v) is 16.0. The molecule has 3 rings (SSSR count). The van der Waals surface area contributed by atoms with Gasteiger partial charge >= 0.3 is 0 Å². The Hall–Kier alpha value is -3.54. The van der Waals surface area contributed by atoms with E-state index in [2.05, 4.69) is 10.3 Å². The summed E-state index contributed by atoms with van der Waals surface area (Å²) in [7, 11) is 4.55. The number of aromatic nitrogens is 1. The highest BCUT2D eigenvalue weighted by atomic mass is 16.5. The predicted octanol–water partition coefficient (Wildman–Crippen LogP) is 3.63. The molecule has 1 N–H and O–H groups in total. The van der Waals surface area contributed by atoms with Crippen molar-refractivity contribution >= 4 is 5.91 Å². The lowest BCUT2D eigenvalue weighted by Crippen LogP contribution is -2.29. The van der Waals surface area contributed by atoms with Crippen molar-refractivity contribution in [1.29, 1.82) is 0 Å². The highest BCUT2D eigenvalue weighted by molar-refractivity contribution is 5.96. The minimum Gasteiger partial charge on any atom is -0.493 e. The summed E-state index contributed by atoms with van der Waals surface area (Å²) in [6, 6.07) is 16.4. The minimum atomic E-state index is -0.346. The van der Waals surface area contributed by atoms with Gasteiger partial charge in [-0.15, -0.1) is 0 Å². The molecule has 1 aromatic heterocycles. The molecule has 2 aromatic carbocycles. The van der Waals surface area contributed by atoms with Crippen LogP contribution in [0, 0.1) is 0 Å². The number of rotatable bonds is 7. The number of nitrogens with one attached hydrogen (secondary N) is 1. The van der Waals surface area contributed by atoms with Crippen LogP contribution >= 0.6 is 0 Å². The van der Waals surface area contributed by atoms with Gasteiger partial charge in [0.1, 0.15) is 0 Å². The molecule has 144 valence electrons. The van der Waals surface area contributed by atoms with Gasteiger partial charge in [0.05, 0.1) is 27.4 Å². The van der Waals surface area contributed by atoms with E-state index in [4.69, 9.17) is 14.2 Å². The predicted molar refractivity (Wildman–Crippen MR) is 106 cm³/mol. The van der Waals surface area contributed by atoms with E-state index in [0.29, 0.717) is 22.8 Å². The van der Waals surface area contributed by atoms with Crippen molar-refractivity contribution < 1.29 is 19.0 Å². The summed E-state index contributed by atoms with van der Waals surface area (Å²) in [6.45, 7) is 0. The second kappa shape index (κ2) is 8.90. The van der Waals surface area contributed by atoms with Crippen LogP contribution in [0.2, 0.25) is 0 Å². The molecule has 0 fully saturated rings. The molecule has 0 spiro atoms. The average Bonchev–Trinajstić information content (AvgIpc) is 2.77. The maximum absolute atomic E-state index is 13.1. The first-order valence-corrected chi connectivity index (χ1v) is 8.73. The van der Waals surface area contributed by atoms with Crippen LogP contribution in [0.1, 0.15) is 27.5 Å². The molecule has 0 saturated heterocycles. The number of amides is 1. The third kappa shape index (κ3) is 4.06. The Morgan fingerprint density at radius 1 is 0.893 bits per heavy atom. The molecule has 0 saturated carbocycles. The minimum absolute atomic E-state index is 0.267. The molecule has 0 aliphatic heterocycles. The van der Waals surface area contributed by atoms with Crippen molar-refractivity contribution in [3.05, 3.63) is 83.7 Å². The fourth-order valence-electron chi connectivity index (χ4n) is 2.98. The van der Waals surface area contributed by atoms with Gasteiger partial charge in [0.2, 0.25) is 5.75 Å². The lowest BCUT2D eigenvalue weighted by molar-refractivity contribution is 0.0942. The molecule has 3 aromatic rings. The van der Waals surface area contributed by atoms with Gasteiger partial charge in [0.25, 0.3) is 5.91 Å². The number of nitrogens with zero attached hydrogens (tertiary/aromatic N) is 1. The maximum atomic E-state index is 13.1. The summed E-state index contributed by atoms with van der Waals surface area (Å²) in [5.74, 6) is 1.01. The van der Waals surface area contributed by atoms with Crippen LogP contribution in [-0.2, 0) is 0 Å². The third-order valence-electron chi connectivity index (χ3n) is 4.35. The van der Waals surface area contributed by atoms with E-state index in [9.17, 15) is 4.79 Å². The first-order valence-electron chi connectivity index (χ1n) is 8.73. The van der Waals surface area contributed by atoms with E-state index in [1.807, 2.05) is 42.5 Å². The maximum Gasteiger partial charge on any atom is 0.252 e. The normalized spacial score (nSPS) is 11.4. The Morgan fingerprint density at radius 3 is 2.07 bits per heavy atom. The van der Waals surface area contributed by atoms with E-state index >= 15 is 0 Å². The lowest BCUT2D eigenvalue weighted by Gasteiger charge is -2.20. The molecule has 0 unspecified atom stereocenters. The van der Waals surface area contributed by atoms with E-state index < -0.39 is 0 Å². The van der Waals surface area contributed by atoms with E-state index in [0.717, 1.165) is 11.1 Å². The molecule has 6 heteroatoms. The summed E-state index contributed by atoms with van der Waals surface area (Å²) in [5, 5.41) is 3.08. The summed E-state index contributed by atoms with van der Waals surface area (Å²) < 4.78 is 16.0. The molecule has 6 nitrogen and oxygen atoms in total. The number of methoxy groups -OCH3 is 3. The van der Waals surface area contributed by atoms with E-state index in [1.165, 1.54) is 21.3 Å². The van der Waals surface area contributed by atoms with Crippen molar-refractivity contribution in [2.24, 2.45) is 0 Å². The SMILES string of the molecule is COc1cc(C(=O)N[C@H](c2ccccc2)c2cccnc2)cc(OC)c1OC. The molecule has 1 amide bonds. The number of hydrogen-bond acceptors (Lipinski definition) is 5. The first kappa shape index (κ1) is 19.2. The van der Waals surface area contributed by atoms with E-state index in [1.54, 1.807) is 24.5 Å². The summed E-state index contributed by atoms with van der Waals surface area (Å²) >= 11 is 0. The molecular formula is C22H22N2O4. The van der Waals surface area contributed by atoms with Gasteiger partial charge in [-0.3, -0.25) is 9.78 Å². The fraction of sp³-hybridized carbons (Fsp3) is 0.182.